The fraction of sp³-hybridized carbons (Fsp3) is 0.588. The second kappa shape index (κ2) is 6.48. The molecule has 4 nitrogen and oxygen atoms in total. The number of carbonyl (C=O) groups excluding carboxylic acids is 1. The molecule has 1 aromatic rings. The molecule has 0 bridgehead atoms. The maximum atomic E-state index is 11.4. The van der Waals surface area contributed by atoms with Crippen LogP contribution in [0, 0.1) is 12.8 Å². The molecule has 2 atom stereocenters. The van der Waals surface area contributed by atoms with E-state index >= 15 is 0 Å². The molecule has 2 N–H and O–H groups in total. The van der Waals surface area contributed by atoms with Gasteiger partial charge >= 0.3 is 0 Å². The Bertz CT molecular complexity index is 525. The number of hydrogen-bond donors (Lipinski definition) is 2. The third-order valence-electron chi connectivity index (χ3n) is 3.81. The lowest BCUT2D eigenvalue weighted by Crippen LogP contribution is -2.30. The van der Waals surface area contributed by atoms with Crippen molar-refractivity contribution < 1.29 is 14.6 Å². The molecule has 0 fully saturated rings. The first kappa shape index (κ1) is 15.8. The van der Waals surface area contributed by atoms with Crippen molar-refractivity contribution in [3.63, 3.8) is 0 Å². The summed E-state index contributed by atoms with van der Waals surface area (Å²) in [7, 11) is 0. The monoisotopic (exact) mass is 291 g/mol. The van der Waals surface area contributed by atoms with Crippen LogP contribution in [-0.2, 0) is 4.79 Å². The van der Waals surface area contributed by atoms with Crippen LogP contribution in [0.25, 0.3) is 0 Å². The maximum absolute atomic E-state index is 11.4. The standard InChI is InChI=1S/C17H25NO3/c1-10(2)7-16(20)13-8-11(3)17-14(9-13)15(5-6-21-17)18-12(4)19/h8-10,15-16,20H,5-7H2,1-4H3,(H,18,19). The van der Waals surface area contributed by atoms with Crippen LogP contribution in [0.4, 0.5) is 0 Å². The van der Waals surface area contributed by atoms with Gasteiger partial charge in [-0.05, 0) is 42.5 Å². The topological polar surface area (TPSA) is 58.6 Å². The fourth-order valence-electron chi connectivity index (χ4n) is 2.89. The largest absolute Gasteiger partial charge is 0.493 e. The van der Waals surface area contributed by atoms with Gasteiger partial charge in [0.2, 0.25) is 5.91 Å². The summed E-state index contributed by atoms with van der Waals surface area (Å²) < 4.78 is 5.75. The maximum Gasteiger partial charge on any atom is 0.217 e. The molecule has 0 saturated carbocycles. The lowest BCUT2D eigenvalue weighted by atomic mass is 9.91. The summed E-state index contributed by atoms with van der Waals surface area (Å²) in [6.45, 7) is 8.31. The van der Waals surface area contributed by atoms with Gasteiger partial charge in [0.1, 0.15) is 5.75 Å². The van der Waals surface area contributed by atoms with E-state index < -0.39 is 6.10 Å². The van der Waals surface area contributed by atoms with Crippen LogP contribution in [0.1, 0.15) is 62.4 Å². The number of carbonyl (C=O) groups is 1. The Morgan fingerprint density at radius 3 is 2.81 bits per heavy atom. The van der Waals surface area contributed by atoms with Gasteiger partial charge in [0, 0.05) is 18.9 Å². The van der Waals surface area contributed by atoms with E-state index in [1.165, 1.54) is 6.92 Å². The molecule has 0 radical (unpaired) electrons. The molecule has 2 rings (SSSR count). The lowest BCUT2D eigenvalue weighted by Gasteiger charge is -2.29. The Kier molecular flexibility index (Phi) is 4.88. The van der Waals surface area contributed by atoms with Gasteiger partial charge in [-0.1, -0.05) is 13.8 Å². The molecule has 2 unspecified atom stereocenters. The SMILES string of the molecule is CC(=O)NC1CCOc2c(C)cc(C(O)CC(C)C)cc21. The van der Waals surface area contributed by atoms with Gasteiger partial charge in [-0.2, -0.15) is 0 Å². The van der Waals surface area contributed by atoms with E-state index in [9.17, 15) is 9.90 Å². The summed E-state index contributed by atoms with van der Waals surface area (Å²) in [5, 5.41) is 13.3. The summed E-state index contributed by atoms with van der Waals surface area (Å²) in [5.74, 6) is 1.23. The Morgan fingerprint density at radius 2 is 2.19 bits per heavy atom. The third-order valence-corrected chi connectivity index (χ3v) is 3.81. The van der Waals surface area contributed by atoms with E-state index in [1.54, 1.807) is 0 Å². The van der Waals surface area contributed by atoms with Crippen molar-refractivity contribution in [3.8, 4) is 5.75 Å². The van der Waals surface area contributed by atoms with Crippen LogP contribution in [-0.4, -0.2) is 17.6 Å². The number of ether oxygens (including phenoxy) is 1. The molecule has 0 saturated heterocycles. The van der Waals surface area contributed by atoms with Crippen LogP contribution in [0.2, 0.25) is 0 Å². The van der Waals surface area contributed by atoms with E-state index in [1.807, 2.05) is 19.1 Å². The quantitative estimate of drug-likeness (QED) is 0.896. The van der Waals surface area contributed by atoms with Crippen molar-refractivity contribution in [3.05, 3.63) is 28.8 Å². The summed E-state index contributed by atoms with van der Waals surface area (Å²) in [6, 6.07) is 3.94. The van der Waals surface area contributed by atoms with Crippen LogP contribution in [0.5, 0.6) is 5.75 Å². The van der Waals surface area contributed by atoms with Crippen LogP contribution in [0.15, 0.2) is 12.1 Å². The van der Waals surface area contributed by atoms with Gasteiger partial charge in [0.05, 0.1) is 18.8 Å². The highest BCUT2D eigenvalue weighted by molar-refractivity contribution is 5.73. The first-order chi connectivity index (χ1) is 9.88. The number of rotatable bonds is 4. The van der Waals surface area contributed by atoms with Crippen LogP contribution in [0.3, 0.4) is 0 Å². The predicted octanol–water partition coefficient (Wildman–Crippen LogP) is 3.03. The van der Waals surface area contributed by atoms with Gasteiger partial charge in [0.25, 0.3) is 0 Å². The second-order valence-corrected chi connectivity index (χ2v) is 6.29. The molecule has 21 heavy (non-hydrogen) atoms. The highest BCUT2D eigenvalue weighted by atomic mass is 16.5. The van der Waals surface area contributed by atoms with Crippen molar-refractivity contribution in [1.29, 1.82) is 0 Å². The van der Waals surface area contributed by atoms with Crippen molar-refractivity contribution >= 4 is 5.91 Å². The van der Waals surface area contributed by atoms with E-state index in [-0.39, 0.29) is 11.9 Å². The number of aliphatic hydroxyl groups excluding tert-OH is 1. The summed E-state index contributed by atoms with van der Waals surface area (Å²) in [6.07, 6.45) is 1.01. The first-order valence-electron chi connectivity index (χ1n) is 7.61. The first-order valence-corrected chi connectivity index (χ1v) is 7.61. The van der Waals surface area contributed by atoms with Crippen molar-refractivity contribution in [2.45, 2.75) is 52.7 Å². The zero-order valence-corrected chi connectivity index (χ0v) is 13.3. The number of amides is 1. The van der Waals surface area contributed by atoms with E-state index in [0.717, 1.165) is 35.3 Å². The van der Waals surface area contributed by atoms with E-state index in [4.69, 9.17) is 4.74 Å². The minimum absolute atomic E-state index is 0.0313. The number of hydrogen-bond acceptors (Lipinski definition) is 3. The molecule has 1 amide bonds. The molecule has 1 heterocycles. The third kappa shape index (κ3) is 3.76. The van der Waals surface area contributed by atoms with Crippen LogP contribution >= 0.6 is 0 Å². The molecule has 0 aliphatic carbocycles. The van der Waals surface area contributed by atoms with Crippen molar-refractivity contribution in [2.75, 3.05) is 6.61 Å². The molecule has 1 aliphatic heterocycles. The Labute approximate surface area is 126 Å². The predicted molar refractivity (Wildman–Crippen MR) is 82.3 cm³/mol. The van der Waals surface area contributed by atoms with Crippen molar-refractivity contribution in [2.24, 2.45) is 5.92 Å². The lowest BCUT2D eigenvalue weighted by molar-refractivity contribution is -0.119. The molecule has 0 spiro atoms. The second-order valence-electron chi connectivity index (χ2n) is 6.29. The zero-order valence-electron chi connectivity index (χ0n) is 13.3. The summed E-state index contributed by atoms with van der Waals surface area (Å²) >= 11 is 0. The number of aryl methyl sites for hydroxylation is 1. The number of aliphatic hydroxyl groups is 1. The highest BCUT2D eigenvalue weighted by Crippen LogP contribution is 2.37. The normalized spacial score (nSPS) is 18.9. The summed E-state index contributed by atoms with van der Waals surface area (Å²) in [5.41, 5.74) is 2.90. The van der Waals surface area contributed by atoms with E-state index in [2.05, 4.69) is 19.2 Å². The van der Waals surface area contributed by atoms with Gasteiger partial charge in [0.15, 0.2) is 0 Å². The minimum Gasteiger partial charge on any atom is -0.493 e. The number of benzene rings is 1. The molecule has 1 aromatic carbocycles. The number of nitrogens with one attached hydrogen (secondary N) is 1. The molecular formula is C17H25NO3. The number of fused-ring (bicyclic) bond motifs is 1. The minimum atomic E-state index is -0.478. The molecule has 0 aromatic heterocycles. The average molecular weight is 291 g/mol. The van der Waals surface area contributed by atoms with Crippen LogP contribution < -0.4 is 10.1 Å². The highest BCUT2D eigenvalue weighted by Gasteiger charge is 2.25. The van der Waals surface area contributed by atoms with Gasteiger partial charge < -0.3 is 15.2 Å². The average Bonchev–Trinajstić information content (AvgIpc) is 2.38. The smallest absolute Gasteiger partial charge is 0.217 e. The Hall–Kier alpha value is -1.55. The zero-order chi connectivity index (χ0) is 15.6. The van der Waals surface area contributed by atoms with Gasteiger partial charge in [-0.3, -0.25) is 4.79 Å². The Balaban J connectivity index is 2.35. The fourth-order valence-corrected chi connectivity index (χ4v) is 2.89. The molecule has 116 valence electrons. The molecule has 1 aliphatic rings. The van der Waals surface area contributed by atoms with E-state index in [0.29, 0.717) is 12.5 Å². The molecule has 4 heteroatoms. The molecular weight excluding hydrogens is 266 g/mol. The summed E-state index contributed by atoms with van der Waals surface area (Å²) in [4.78, 5) is 11.4. The Morgan fingerprint density at radius 1 is 1.48 bits per heavy atom. The van der Waals surface area contributed by atoms with Gasteiger partial charge in [-0.25, -0.2) is 0 Å². The van der Waals surface area contributed by atoms with Crippen molar-refractivity contribution in [1.82, 2.24) is 5.32 Å². The van der Waals surface area contributed by atoms with Gasteiger partial charge in [-0.15, -0.1) is 0 Å².